The molecule has 1 atom stereocenters. The van der Waals surface area contributed by atoms with Crippen molar-refractivity contribution in [1.82, 2.24) is 14.9 Å². The molecule has 4 nitrogen and oxygen atoms in total. The minimum absolute atomic E-state index is 0.0562. The molecular weight excluding hydrogens is 370 g/mol. The number of amides is 1. The lowest BCUT2D eigenvalue weighted by atomic mass is 10.0. The Hall–Kier alpha value is -3.11. The predicted molar refractivity (Wildman–Crippen MR) is 112 cm³/mol. The Morgan fingerprint density at radius 1 is 1.07 bits per heavy atom. The average molecular weight is 390 g/mol. The van der Waals surface area contributed by atoms with E-state index in [1.165, 1.54) is 0 Å². The highest BCUT2D eigenvalue weighted by Gasteiger charge is 2.21. The van der Waals surface area contributed by atoms with Crippen molar-refractivity contribution >= 4 is 28.3 Å². The second kappa shape index (κ2) is 7.87. The zero-order chi connectivity index (χ0) is 19.5. The Morgan fingerprint density at radius 2 is 1.82 bits per heavy atom. The van der Waals surface area contributed by atoms with Crippen molar-refractivity contribution in [1.29, 1.82) is 0 Å². The van der Waals surface area contributed by atoms with Crippen LogP contribution in [0.3, 0.4) is 0 Å². The minimum atomic E-state index is -0.347. The van der Waals surface area contributed by atoms with E-state index >= 15 is 0 Å². The first-order valence-electron chi connectivity index (χ1n) is 9.10. The van der Waals surface area contributed by atoms with Crippen LogP contribution in [-0.4, -0.2) is 15.5 Å². The number of hydrogen-bond acceptors (Lipinski definition) is 2. The van der Waals surface area contributed by atoms with E-state index in [9.17, 15) is 4.79 Å². The van der Waals surface area contributed by atoms with E-state index in [1.54, 1.807) is 6.20 Å². The van der Waals surface area contributed by atoms with Crippen LogP contribution in [0.5, 0.6) is 0 Å². The number of imidazole rings is 1. The van der Waals surface area contributed by atoms with Gasteiger partial charge < -0.3 is 9.88 Å². The molecule has 0 aliphatic rings. The Bertz CT molecular complexity index is 1110. The van der Waals surface area contributed by atoms with Crippen LogP contribution < -0.4 is 5.32 Å². The second-order valence-corrected chi connectivity index (χ2v) is 7.20. The molecule has 3 aromatic carbocycles. The Labute approximate surface area is 168 Å². The zero-order valence-electron chi connectivity index (χ0n) is 15.5. The van der Waals surface area contributed by atoms with E-state index in [0.29, 0.717) is 11.4 Å². The van der Waals surface area contributed by atoms with Crippen LogP contribution in [0.4, 0.5) is 0 Å². The maximum absolute atomic E-state index is 12.9. The fourth-order valence-electron chi connectivity index (χ4n) is 3.44. The summed E-state index contributed by atoms with van der Waals surface area (Å²) in [6, 6.07) is 21.3. The first kappa shape index (κ1) is 18.3. The number of nitrogens with zero attached hydrogens (tertiary/aromatic N) is 2. The summed E-state index contributed by atoms with van der Waals surface area (Å²) in [6.45, 7) is 0. The van der Waals surface area contributed by atoms with E-state index < -0.39 is 0 Å². The van der Waals surface area contributed by atoms with Crippen LogP contribution >= 0.6 is 11.6 Å². The molecule has 0 saturated heterocycles. The second-order valence-electron chi connectivity index (χ2n) is 6.76. The summed E-state index contributed by atoms with van der Waals surface area (Å²) in [5, 5.41) is 6.03. The molecule has 1 aromatic heterocycles. The molecule has 0 saturated carbocycles. The van der Waals surface area contributed by atoms with Gasteiger partial charge in [0.15, 0.2) is 0 Å². The third-order valence-electron chi connectivity index (χ3n) is 4.86. The molecule has 0 bridgehead atoms. The molecule has 4 aromatic rings. The zero-order valence-corrected chi connectivity index (χ0v) is 16.2. The molecule has 5 heteroatoms. The van der Waals surface area contributed by atoms with Gasteiger partial charge in [-0.25, -0.2) is 4.98 Å². The first-order valence-corrected chi connectivity index (χ1v) is 9.48. The van der Waals surface area contributed by atoms with Crippen LogP contribution in [0.15, 0.2) is 79.1 Å². The fraction of sp³-hybridized carbons (Fsp3) is 0.130. The number of hydrogen-bond donors (Lipinski definition) is 1. The summed E-state index contributed by atoms with van der Waals surface area (Å²) in [5.74, 6) is 0.716. The normalized spacial score (nSPS) is 12.1. The molecule has 4 rings (SSSR count). The van der Waals surface area contributed by atoms with Crippen LogP contribution in [-0.2, 0) is 18.3 Å². The number of benzene rings is 3. The van der Waals surface area contributed by atoms with E-state index in [0.717, 1.165) is 27.7 Å². The van der Waals surface area contributed by atoms with Crippen LogP contribution in [0, 0.1) is 0 Å². The third kappa shape index (κ3) is 3.78. The van der Waals surface area contributed by atoms with Gasteiger partial charge in [0, 0.05) is 24.5 Å². The SMILES string of the molecule is Cn1ccnc1[C@@H](NC(=O)Cc1cccc2ccccc12)c1ccc(Cl)cc1. The molecule has 1 amide bonds. The van der Waals surface area contributed by atoms with Gasteiger partial charge in [-0.15, -0.1) is 0 Å². The van der Waals surface area contributed by atoms with Gasteiger partial charge in [0.1, 0.15) is 11.9 Å². The Kier molecular flexibility index (Phi) is 5.13. The maximum atomic E-state index is 12.9. The molecule has 0 fully saturated rings. The molecule has 1 heterocycles. The van der Waals surface area contributed by atoms with Gasteiger partial charge in [-0.1, -0.05) is 66.2 Å². The molecule has 28 heavy (non-hydrogen) atoms. The van der Waals surface area contributed by atoms with Crippen LogP contribution in [0.2, 0.25) is 5.02 Å². The number of fused-ring (bicyclic) bond motifs is 1. The smallest absolute Gasteiger partial charge is 0.225 e. The molecule has 0 aliphatic carbocycles. The van der Waals surface area contributed by atoms with Crippen LogP contribution in [0.25, 0.3) is 10.8 Å². The number of carbonyl (C=O) groups is 1. The predicted octanol–water partition coefficient (Wildman–Crippen LogP) is 4.68. The van der Waals surface area contributed by atoms with Crippen molar-refractivity contribution < 1.29 is 4.79 Å². The van der Waals surface area contributed by atoms with Gasteiger partial charge in [0.2, 0.25) is 5.91 Å². The van der Waals surface area contributed by atoms with E-state index in [1.807, 2.05) is 72.4 Å². The van der Waals surface area contributed by atoms with Crippen molar-refractivity contribution in [3.05, 3.63) is 101 Å². The quantitative estimate of drug-likeness (QED) is 0.539. The molecule has 140 valence electrons. The van der Waals surface area contributed by atoms with Crippen molar-refractivity contribution in [3.8, 4) is 0 Å². The maximum Gasteiger partial charge on any atom is 0.225 e. The number of halogens is 1. The summed E-state index contributed by atoms with van der Waals surface area (Å²) in [7, 11) is 1.92. The standard InChI is InChI=1S/C23H20ClN3O/c1-27-14-13-25-23(27)22(17-9-11-19(24)12-10-17)26-21(28)15-18-7-4-6-16-5-2-3-8-20(16)18/h2-14,22H,15H2,1H3,(H,26,28)/t22-/m0/s1. The highest BCUT2D eigenvalue weighted by Crippen LogP contribution is 2.23. The lowest BCUT2D eigenvalue weighted by Gasteiger charge is -2.19. The molecular formula is C23H20ClN3O. The minimum Gasteiger partial charge on any atom is -0.342 e. The highest BCUT2D eigenvalue weighted by molar-refractivity contribution is 6.30. The number of aryl methyl sites for hydroxylation is 1. The molecule has 1 N–H and O–H groups in total. The number of rotatable bonds is 5. The van der Waals surface area contributed by atoms with Gasteiger partial charge in [0.05, 0.1) is 6.42 Å². The Balaban J connectivity index is 1.62. The third-order valence-corrected chi connectivity index (χ3v) is 5.11. The molecule has 0 aliphatic heterocycles. The summed E-state index contributed by atoms with van der Waals surface area (Å²) < 4.78 is 1.91. The summed E-state index contributed by atoms with van der Waals surface area (Å²) >= 11 is 6.03. The van der Waals surface area contributed by atoms with Crippen molar-refractivity contribution in [2.45, 2.75) is 12.5 Å². The van der Waals surface area contributed by atoms with Gasteiger partial charge in [-0.05, 0) is 34.0 Å². The number of aromatic nitrogens is 2. The Morgan fingerprint density at radius 3 is 2.57 bits per heavy atom. The summed E-state index contributed by atoms with van der Waals surface area (Å²) in [6.07, 6.45) is 3.90. The largest absolute Gasteiger partial charge is 0.342 e. The number of nitrogens with one attached hydrogen (secondary N) is 1. The summed E-state index contributed by atoms with van der Waals surface area (Å²) in [4.78, 5) is 17.4. The first-order chi connectivity index (χ1) is 13.6. The average Bonchev–Trinajstić information content (AvgIpc) is 3.13. The highest BCUT2D eigenvalue weighted by atomic mass is 35.5. The van der Waals surface area contributed by atoms with Gasteiger partial charge >= 0.3 is 0 Å². The van der Waals surface area contributed by atoms with Gasteiger partial charge in [0.25, 0.3) is 0 Å². The van der Waals surface area contributed by atoms with Crippen molar-refractivity contribution in [2.24, 2.45) is 7.05 Å². The van der Waals surface area contributed by atoms with E-state index in [-0.39, 0.29) is 11.9 Å². The topological polar surface area (TPSA) is 46.9 Å². The lowest BCUT2D eigenvalue weighted by Crippen LogP contribution is -2.32. The van der Waals surface area contributed by atoms with E-state index in [2.05, 4.69) is 22.4 Å². The van der Waals surface area contributed by atoms with E-state index in [4.69, 9.17) is 11.6 Å². The fourth-order valence-corrected chi connectivity index (χ4v) is 3.57. The van der Waals surface area contributed by atoms with Gasteiger partial charge in [-0.3, -0.25) is 4.79 Å². The number of carbonyl (C=O) groups excluding carboxylic acids is 1. The van der Waals surface area contributed by atoms with Crippen LogP contribution in [0.1, 0.15) is 23.0 Å². The molecule has 0 unspecified atom stereocenters. The monoisotopic (exact) mass is 389 g/mol. The molecule has 0 radical (unpaired) electrons. The lowest BCUT2D eigenvalue weighted by molar-refractivity contribution is -0.121. The van der Waals surface area contributed by atoms with Crippen molar-refractivity contribution in [3.63, 3.8) is 0 Å². The van der Waals surface area contributed by atoms with Crippen molar-refractivity contribution in [2.75, 3.05) is 0 Å². The summed E-state index contributed by atoms with van der Waals surface area (Å²) in [5.41, 5.74) is 1.94. The molecule has 0 spiro atoms. The van der Waals surface area contributed by atoms with Gasteiger partial charge in [-0.2, -0.15) is 0 Å².